The molecule has 0 aliphatic rings. The second kappa shape index (κ2) is 7.09. The average molecular weight is 370 g/mol. The summed E-state index contributed by atoms with van der Waals surface area (Å²) in [5.41, 5.74) is 3.02. The summed E-state index contributed by atoms with van der Waals surface area (Å²) in [6.07, 6.45) is 0.817. The highest BCUT2D eigenvalue weighted by molar-refractivity contribution is 7.85. The van der Waals surface area contributed by atoms with Crippen LogP contribution in [-0.2, 0) is 10.1 Å². The molecule has 0 aliphatic carbocycles. The highest BCUT2D eigenvalue weighted by Gasteiger charge is 2.18. The van der Waals surface area contributed by atoms with Crippen molar-refractivity contribution in [1.82, 2.24) is 0 Å². The smallest absolute Gasteiger partial charge is 0.294 e. The maximum atomic E-state index is 11.5. The topological polar surface area (TPSA) is 63.6 Å². The number of aryl methyl sites for hydroxylation is 1. The lowest BCUT2D eigenvalue weighted by atomic mass is 9.86. The summed E-state index contributed by atoms with van der Waals surface area (Å²) in [6, 6.07) is 16.9. The molecule has 0 amide bonds. The van der Waals surface area contributed by atoms with Crippen LogP contribution in [0.5, 0.6) is 5.75 Å². The van der Waals surface area contributed by atoms with E-state index in [1.807, 2.05) is 25.1 Å². The molecule has 5 heteroatoms. The Hall–Kier alpha value is -2.37. The summed E-state index contributed by atoms with van der Waals surface area (Å²) >= 11 is 0. The molecule has 0 aromatic heterocycles. The fourth-order valence-corrected chi connectivity index (χ4v) is 3.89. The van der Waals surface area contributed by atoms with Gasteiger partial charge in [-0.05, 0) is 65.1 Å². The molecule has 3 rings (SSSR count). The van der Waals surface area contributed by atoms with Crippen LogP contribution in [0.4, 0.5) is 0 Å². The van der Waals surface area contributed by atoms with Gasteiger partial charge < -0.3 is 4.74 Å². The van der Waals surface area contributed by atoms with E-state index in [9.17, 15) is 13.0 Å². The molecule has 3 aromatic rings. The van der Waals surface area contributed by atoms with Gasteiger partial charge in [-0.1, -0.05) is 37.3 Å². The zero-order valence-electron chi connectivity index (χ0n) is 15.1. The standard InChI is InChI=1S/C21H22O4S/c1-4-20(21-13-19(26(22,23)24)10-5-14(21)2)17-7-6-16-12-18(25-3)9-8-15(16)11-17/h5-13,20H,4H2,1-3H3,(H,22,23,24). The first-order valence-corrected chi connectivity index (χ1v) is 9.93. The molecule has 0 aliphatic heterocycles. The Morgan fingerprint density at radius 1 is 1.00 bits per heavy atom. The molecule has 1 N–H and O–H groups in total. The monoisotopic (exact) mass is 370 g/mol. The number of hydrogen-bond donors (Lipinski definition) is 1. The highest BCUT2D eigenvalue weighted by Crippen LogP contribution is 2.34. The Balaban J connectivity index is 2.10. The third-order valence-electron chi connectivity index (χ3n) is 4.81. The van der Waals surface area contributed by atoms with Gasteiger partial charge in [-0.25, -0.2) is 0 Å². The second-order valence-electron chi connectivity index (χ2n) is 6.43. The first-order valence-electron chi connectivity index (χ1n) is 8.49. The molecule has 4 nitrogen and oxygen atoms in total. The molecule has 3 aromatic carbocycles. The predicted octanol–water partition coefficient (Wildman–Crippen LogP) is 4.95. The molecule has 1 atom stereocenters. The Kier molecular flexibility index (Phi) is 5.03. The minimum atomic E-state index is -4.22. The molecule has 0 fully saturated rings. The van der Waals surface area contributed by atoms with Crippen LogP contribution < -0.4 is 4.74 Å². The molecular weight excluding hydrogens is 348 g/mol. The zero-order valence-corrected chi connectivity index (χ0v) is 15.9. The van der Waals surface area contributed by atoms with Crippen LogP contribution in [-0.4, -0.2) is 20.1 Å². The van der Waals surface area contributed by atoms with Crippen molar-refractivity contribution < 1.29 is 17.7 Å². The van der Waals surface area contributed by atoms with Gasteiger partial charge in [0.05, 0.1) is 12.0 Å². The number of methoxy groups -OCH3 is 1. The quantitative estimate of drug-likeness (QED) is 0.646. The Morgan fingerprint density at radius 2 is 1.69 bits per heavy atom. The van der Waals surface area contributed by atoms with Crippen molar-refractivity contribution in [3.8, 4) is 5.75 Å². The van der Waals surface area contributed by atoms with Crippen LogP contribution in [0.2, 0.25) is 0 Å². The zero-order chi connectivity index (χ0) is 18.9. The third kappa shape index (κ3) is 3.59. The van der Waals surface area contributed by atoms with Crippen molar-refractivity contribution >= 4 is 20.9 Å². The summed E-state index contributed by atoms with van der Waals surface area (Å²) in [6.45, 7) is 4.03. The summed E-state index contributed by atoms with van der Waals surface area (Å²) in [7, 11) is -2.58. The number of rotatable bonds is 5. The van der Waals surface area contributed by atoms with Crippen LogP contribution in [0.25, 0.3) is 10.8 Å². The van der Waals surface area contributed by atoms with E-state index in [1.54, 1.807) is 19.2 Å². The first kappa shape index (κ1) is 18.4. The lowest BCUT2D eigenvalue weighted by molar-refractivity contribution is 0.415. The lowest BCUT2D eigenvalue weighted by Gasteiger charge is -2.20. The molecule has 0 heterocycles. The van der Waals surface area contributed by atoms with Gasteiger partial charge in [0.1, 0.15) is 5.75 Å². The van der Waals surface area contributed by atoms with E-state index in [2.05, 4.69) is 25.1 Å². The molecule has 0 saturated heterocycles. The summed E-state index contributed by atoms with van der Waals surface area (Å²) in [5, 5.41) is 2.19. The lowest BCUT2D eigenvalue weighted by Crippen LogP contribution is -2.05. The van der Waals surface area contributed by atoms with Crippen LogP contribution in [0.15, 0.2) is 59.5 Å². The SMILES string of the molecule is CCC(c1ccc2cc(OC)ccc2c1)c1cc(S(=O)(=O)O)ccc1C. The van der Waals surface area contributed by atoms with Crippen molar-refractivity contribution in [2.75, 3.05) is 7.11 Å². The maximum absolute atomic E-state index is 11.5. The van der Waals surface area contributed by atoms with Crippen molar-refractivity contribution in [2.24, 2.45) is 0 Å². The van der Waals surface area contributed by atoms with Crippen molar-refractivity contribution in [1.29, 1.82) is 0 Å². The first-order chi connectivity index (χ1) is 12.3. The normalized spacial score (nSPS) is 12.9. The largest absolute Gasteiger partial charge is 0.497 e. The number of fused-ring (bicyclic) bond motifs is 1. The Morgan fingerprint density at radius 3 is 2.35 bits per heavy atom. The van der Waals surface area contributed by atoms with Gasteiger partial charge in [0.25, 0.3) is 10.1 Å². The molecule has 136 valence electrons. The number of ether oxygens (including phenoxy) is 1. The van der Waals surface area contributed by atoms with E-state index < -0.39 is 10.1 Å². The van der Waals surface area contributed by atoms with Crippen LogP contribution in [0.1, 0.15) is 36.0 Å². The van der Waals surface area contributed by atoms with Gasteiger partial charge in [0, 0.05) is 5.92 Å². The van der Waals surface area contributed by atoms with Crippen LogP contribution in [0, 0.1) is 6.92 Å². The molecule has 0 spiro atoms. The predicted molar refractivity (Wildman–Crippen MR) is 104 cm³/mol. The summed E-state index contributed by atoms with van der Waals surface area (Å²) < 4.78 is 37.7. The van der Waals surface area contributed by atoms with Gasteiger partial charge in [-0.2, -0.15) is 8.42 Å². The van der Waals surface area contributed by atoms with E-state index in [1.165, 1.54) is 6.07 Å². The van der Waals surface area contributed by atoms with Gasteiger partial charge in [0.15, 0.2) is 0 Å². The molecule has 26 heavy (non-hydrogen) atoms. The third-order valence-corrected chi connectivity index (χ3v) is 5.66. The fourth-order valence-electron chi connectivity index (χ4n) is 3.38. The Bertz CT molecular complexity index is 1050. The summed E-state index contributed by atoms with van der Waals surface area (Å²) in [5.74, 6) is 0.859. The number of benzene rings is 3. The number of hydrogen-bond acceptors (Lipinski definition) is 3. The van der Waals surface area contributed by atoms with E-state index in [0.29, 0.717) is 0 Å². The van der Waals surface area contributed by atoms with Crippen LogP contribution in [0.3, 0.4) is 0 Å². The molecule has 0 bridgehead atoms. The van der Waals surface area contributed by atoms with Crippen molar-refractivity contribution in [2.45, 2.75) is 31.1 Å². The van der Waals surface area contributed by atoms with E-state index in [4.69, 9.17) is 4.74 Å². The van der Waals surface area contributed by atoms with Gasteiger partial charge in [0.2, 0.25) is 0 Å². The molecule has 1 unspecified atom stereocenters. The van der Waals surface area contributed by atoms with Crippen molar-refractivity contribution in [3.63, 3.8) is 0 Å². The van der Waals surface area contributed by atoms with Crippen LogP contribution >= 0.6 is 0 Å². The Labute approximate surface area is 154 Å². The van der Waals surface area contributed by atoms with Crippen molar-refractivity contribution in [3.05, 3.63) is 71.3 Å². The van der Waals surface area contributed by atoms with E-state index >= 15 is 0 Å². The fraction of sp³-hybridized carbons (Fsp3) is 0.238. The maximum Gasteiger partial charge on any atom is 0.294 e. The summed E-state index contributed by atoms with van der Waals surface area (Å²) in [4.78, 5) is -0.0675. The van der Waals surface area contributed by atoms with Gasteiger partial charge in [-0.3, -0.25) is 4.55 Å². The second-order valence-corrected chi connectivity index (χ2v) is 7.85. The minimum absolute atomic E-state index is 0.0446. The van der Waals surface area contributed by atoms with Gasteiger partial charge >= 0.3 is 0 Å². The molecular formula is C21H22O4S. The molecule has 0 saturated carbocycles. The van der Waals surface area contributed by atoms with E-state index in [-0.39, 0.29) is 10.8 Å². The van der Waals surface area contributed by atoms with E-state index in [0.717, 1.165) is 39.6 Å². The minimum Gasteiger partial charge on any atom is -0.497 e. The van der Waals surface area contributed by atoms with Gasteiger partial charge in [-0.15, -0.1) is 0 Å². The molecule has 0 radical (unpaired) electrons. The highest BCUT2D eigenvalue weighted by atomic mass is 32.2. The average Bonchev–Trinajstić information content (AvgIpc) is 2.62.